The molecule has 0 amide bonds. The van der Waals surface area contributed by atoms with E-state index in [1.165, 1.54) is 18.6 Å². The van der Waals surface area contributed by atoms with Gasteiger partial charge in [-0.1, -0.05) is 13.8 Å². The van der Waals surface area contributed by atoms with E-state index in [0.29, 0.717) is 0 Å². The fourth-order valence-electron chi connectivity index (χ4n) is 1.22. The highest BCUT2D eigenvalue weighted by molar-refractivity contribution is 7.99. The zero-order valence-corrected chi connectivity index (χ0v) is 6.50. The van der Waals surface area contributed by atoms with Crippen LogP contribution in [0.1, 0.15) is 26.7 Å². The zero-order chi connectivity index (χ0) is 5.98. The number of thioether (sulfide) groups is 1. The van der Waals surface area contributed by atoms with E-state index in [1.54, 1.807) is 0 Å². The average molecular weight is 130 g/mol. The summed E-state index contributed by atoms with van der Waals surface area (Å²) in [5.41, 5.74) is 0. The van der Waals surface area contributed by atoms with Gasteiger partial charge in [-0.05, 0) is 24.5 Å². The third-order valence-electron chi connectivity index (χ3n) is 1.75. The van der Waals surface area contributed by atoms with Crippen LogP contribution >= 0.6 is 11.8 Å². The highest BCUT2D eigenvalue weighted by Gasteiger charge is 2.14. The maximum atomic E-state index is 2.36. The lowest BCUT2D eigenvalue weighted by molar-refractivity contribution is 0.504. The first-order valence-electron chi connectivity index (χ1n) is 3.40. The molecule has 1 heterocycles. The van der Waals surface area contributed by atoms with Crippen molar-refractivity contribution in [2.75, 3.05) is 5.75 Å². The minimum atomic E-state index is 0.929. The van der Waals surface area contributed by atoms with Crippen molar-refractivity contribution in [1.82, 2.24) is 0 Å². The van der Waals surface area contributed by atoms with Crippen LogP contribution in [0.25, 0.3) is 0 Å². The SMILES string of the molecule is C[C@H]1CCS[C@@H](C)C1. The molecule has 0 aliphatic carbocycles. The van der Waals surface area contributed by atoms with E-state index < -0.39 is 0 Å². The molecule has 0 aromatic rings. The number of hydrogen-bond donors (Lipinski definition) is 0. The maximum absolute atomic E-state index is 2.36. The van der Waals surface area contributed by atoms with Crippen LogP contribution in [0, 0.1) is 5.92 Å². The first-order valence-corrected chi connectivity index (χ1v) is 4.45. The summed E-state index contributed by atoms with van der Waals surface area (Å²) in [7, 11) is 0. The van der Waals surface area contributed by atoms with Crippen molar-refractivity contribution in [1.29, 1.82) is 0 Å². The van der Waals surface area contributed by atoms with E-state index in [9.17, 15) is 0 Å². The quantitative estimate of drug-likeness (QED) is 0.485. The van der Waals surface area contributed by atoms with E-state index in [4.69, 9.17) is 0 Å². The molecule has 0 aromatic carbocycles. The van der Waals surface area contributed by atoms with Crippen LogP contribution in [-0.2, 0) is 0 Å². The molecule has 2 atom stereocenters. The largest absolute Gasteiger partial charge is 0.159 e. The van der Waals surface area contributed by atoms with Crippen molar-refractivity contribution in [3.63, 3.8) is 0 Å². The summed E-state index contributed by atoms with van der Waals surface area (Å²) in [4.78, 5) is 0. The predicted molar refractivity (Wildman–Crippen MR) is 40.3 cm³/mol. The van der Waals surface area contributed by atoms with Crippen molar-refractivity contribution in [3.05, 3.63) is 0 Å². The lowest BCUT2D eigenvalue weighted by Gasteiger charge is -2.22. The van der Waals surface area contributed by atoms with E-state index >= 15 is 0 Å². The van der Waals surface area contributed by atoms with Gasteiger partial charge in [-0.25, -0.2) is 0 Å². The monoisotopic (exact) mass is 130 g/mol. The Balaban J connectivity index is 2.23. The molecule has 1 fully saturated rings. The van der Waals surface area contributed by atoms with Crippen LogP contribution in [0.5, 0.6) is 0 Å². The first kappa shape index (κ1) is 6.47. The molecule has 0 N–H and O–H groups in total. The molecule has 1 saturated heterocycles. The van der Waals surface area contributed by atoms with Gasteiger partial charge < -0.3 is 0 Å². The number of rotatable bonds is 0. The molecule has 1 aliphatic rings. The van der Waals surface area contributed by atoms with Crippen molar-refractivity contribution >= 4 is 11.8 Å². The third-order valence-corrected chi connectivity index (χ3v) is 2.98. The molecule has 8 heavy (non-hydrogen) atoms. The van der Waals surface area contributed by atoms with Crippen molar-refractivity contribution < 1.29 is 0 Å². The van der Waals surface area contributed by atoms with E-state index in [2.05, 4.69) is 25.6 Å². The second-order valence-electron chi connectivity index (χ2n) is 2.81. The Morgan fingerprint density at radius 1 is 1.38 bits per heavy atom. The lowest BCUT2D eigenvalue weighted by atomic mass is 10.0. The van der Waals surface area contributed by atoms with Gasteiger partial charge in [0.25, 0.3) is 0 Å². The van der Waals surface area contributed by atoms with Crippen molar-refractivity contribution in [3.8, 4) is 0 Å². The van der Waals surface area contributed by atoms with Gasteiger partial charge in [-0.15, -0.1) is 0 Å². The van der Waals surface area contributed by atoms with Gasteiger partial charge in [0, 0.05) is 5.25 Å². The lowest BCUT2D eigenvalue weighted by Crippen LogP contribution is -2.12. The molecule has 1 heteroatoms. The molecular weight excluding hydrogens is 116 g/mol. The minimum Gasteiger partial charge on any atom is -0.159 e. The second-order valence-corrected chi connectivity index (χ2v) is 4.36. The van der Waals surface area contributed by atoms with E-state index in [-0.39, 0.29) is 0 Å². The molecule has 0 radical (unpaired) electrons. The van der Waals surface area contributed by atoms with Crippen LogP contribution in [-0.4, -0.2) is 11.0 Å². The van der Waals surface area contributed by atoms with Crippen LogP contribution in [0.4, 0.5) is 0 Å². The molecule has 0 aromatic heterocycles. The summed E-state index contributed by atoms with van der Waals surface area (Å²) < 4.78 is 0. The van der Waals surface area contributed by atoms with Crippen LogP contribution in [0.2, 0.25) is 0 Å². The molecule has 0 saturated carbocycles. The third kappa shape index (κ3) is 1.70. The number of hydrogen-bond acceptors (Lipinski definition) is 1. The van der Waals surface area contributed by atoms with Crippen molar-refractivity contribution in [2.24, 2.45) is 5.92 Å². The van der Waals surface area contributed by atoms with E-state index in [1.807, 2.05) is 0 Å². The molecule has 1 rings (SSSR count). The van der Waals surface area contributed by atoms with Gasteiger partial charge in [0.05, 0.1) is 0 Å². The highest BCUT2D eigenvalue weighted by Crippen LogP contribution is 2.28. The molecule has 0 bridgehead atoms. The topological polar surface area (TPSA) is 0 Å². The maximum Gasteiger partial charge on any atom is 0.00212 e. The Hall–Kier alpha value is 0.350. The Bertz CT molecular complexity index is 62.8. The summed E-state index contributed by atoms with van der Waals surface area (Å²) in [5, 5.41) is 0.929. The normalized spacial score (nSPS) is 39.8. The second kappa shape index (κ2) is 2.77. The molecule has 48 valence electrons. The Morgan fingerprint density at radius 2 is 2.12 bits per heavy atom. The fraction of sp³-hybridized carbons (Fsp3) is 1.00. The zero-order valence-electron chi connectivity index (χ0n) is 5.68. The molecule has 0 spiro atoms. The highest BCUT2D eigenvalue weighted by atomic mass is 32.2. The summed E-state index contributed by atoms with van der Waals surface area (Å²) in [6.07, 6.45) is 2.87. The van der Waals surface area contributed by atoms with Gasteiger partial charge in [-0.3, -0.25) is 0 Å². The first-order chi connectivity index (χ1) is 3.79. The Kier molecular flexibility index (Phi) is 2.24. The van der Waals surface area contributed by atoms with Crippen LogP contribution in [0.3, 0.4) is 0 Å². The van der Waals surface area contributed by atoms with Gasteiger partial charge >= 0.3 is 0 Å². The summed E-state index contributed by atoms with van der Waals surface area (Å²) in [6, 6.07) is 0. The summed E-state index contributed by atoms with van der Waals surface area (Å²) in [5.74, 6) is 2.38. The van der Waals surface area contributed by atoms with Gasteiger partial charge in [0.15, 0.2) is 0 Å². The molecular formula is C7H14S. The van der Waals surface area contributed by atoms with Crippen molar-refractivity contribution in [2.45, 2.75) is 31.9 Å². The minimum absolute atomic E-state index is 0.929. The van der Waals surface area contributed by atoms with E-state index in [0.717, 1.165) is 11.2 Å². The summed E-state index contributed by atoms with van der Waals surface area (Å²) in [6.45, 7) is 4.69. The van der Waals surface area contributed by atoms with Gasteiger partial charge in [0.1, 0.15) is 0 Å². The van der Waals surface area contributed by atoms with Crippen LogP contribution in [0.15, 0.2) is 0 Å². The molecule has 0 nitrogen and oxygen atoms in total. The standard InChI is InChI=1S/C7H14S/c1-6-3-4-8-7(2)5-6/h6-7H,3-5H2,1-2H3/t6-,7-/m0/s1. The Morgan fingerprint density at radius 3 is 2.50 bits per heavy atom. The van der Waals surface area contributed by atoms with Gasteiger partial charge in [-0.2, -0.15) is 11.8 Å². The summed E-state index contributed by atoms with van der Waals surface area (Å²) >= 11 is 2.12. The predicted octanol–water partition coefficient (Wildman–Crippen LogP) is 2.54. The van der Waals surface area contributed by atoms with Gasteiger partial charge in [0.2, 0.25) is 0 Å². The molecule has 0 unspecified atom stereocenters. The smallest absolute Gasteiger partial charge is 0.00212 e. The fourth-order valence-corrected chi connectivity index (χ4v) is 2.63. The average Bonchev–Trinajstić information content (AvgIpc) is 1.64. The Labute approximate surface area is 56.0 Å². The van der Waals surface area contributed by atoms with Crippen LogP contribution < -0.4 is 0 Å². The molecule has 1 aliphatic heterocycles.